The highest BCUT2D eigenvalue weighted by atomic mass is 19.1. The van der Waals surface area contributed by atoms with Crippen molar-refractivity contribution in [2.75, 3.05) is 0 Å². The summed E-state index contributed by atoms with van der Waals surface area (Å²) >= 11 is 0. The molecule has 4 heteroatoms. The molecule has 0 radical (unpaired) electrons. The van der Waals surface area contributed by atoms with Crippen molar-refractivity contribution >= 4 is 0 Å². The first-order valence-corrected chi connectivity index (χ1v) is 3.23. The SMILES string of the molecule is N#CC#Cc1cc(F)c(O)c(F)c1. The van der Waals surface area contributed by atoms with E-state index in [9.17, 15) is 8.78 Å². The zero-order valence-electron chi connectivity index (χ0n) is 6.31. The maximum atomic E-state index is 12.6. The monoisotopic (exact) mass is 179 g/mol. The summed E-state index contributed by atoms with van der Waals surface area (Å²) in [5.41, 5.74) is 0.00866. The molecule has 1 rings (SSSR count). The van der Waals surface area contributed by atoms with Crippen molar-refractivity contribution < 1.29 is 13.9 Å². The Kier molecular flexibility index (Phi) is 2.47. The maximum Gasteiger partial charge on any atom is 0.187 e. The average Bonchev–Trinajstić information content (AvgIpc) is 2.10. The molecule has 0 saturated heterocycles. The number of hydrogen-bond donors (Lipinski definition) is 1. The van der Waals surface area contributed by atoms with Crippen LogP contribution in [0, 0.1) is 34.8 Å². The number of phenols is 1. The van der Waals surface area contributed by atoms with Crippen LogP contribution in [0.3, 0.4) is 0 Å². The van der Waals surface area contributed by atoms with Crippen LogP contribution in [0.5, 0.6) is 5.75 Å². The van der Waals surface area contributed by atoms with E-state index in [1.54, 1.807) is 0 Å². The van der Waals surface area contributed by atoms with E-state index in [1.807, 2.05) is 5.92 Å². The molecule has 0 saturated carbocycles. The number of phenolic OH excluding ortho intramolecular Hbond substituents is 1. The zero-order valence-corrected chi connectivity index (χ0v) is 6.31. The van der Waals surface area contributed by atoms with Gasteiger partial charge in [0, 0.05) is 11.5 Å². The minimum Gasteiger partial charge on any atom is -0.503 e. The number of hydrogen-bond acceptors (Lipinski definition) is 2. The summed E-state index contributed by atoms with van der Waals surface area (Å²) in [7, 11) is 0. The van der Waals surface area contributed by atoms with Gasteiger partial charge < -0.3 is 5.11 Å². The number of aromatic hydroxyl groups is 1. The lowest BCUT2D eigenvalue weighted by atomic mass is 10.2. The van der Waals surface area contributed by atoms with Gasteiger partial charge in [-0.25, -0.2) is 8.78 Å². The van der Waals surface area contributed by atoms with Crippen molar-refractivity contribution in [1.29, 1.82) is 5.26 Å². The van der Waals surface area contributed by atoms with E-state index in [0.717, 1.165) is 12.1 Å². The van der Waals surface area contributed by atoms with Gasteiger partial charge in [0.25, 0.3) is 0 Å². The van der Waals surface area contributed by atoms with E-state index >= 15 is 0 Å². The maximum absolute atomic E-state index is 12.6. The van der Waals surface area contributed by atoms with Crippen molar-refractivity contribution in [3.05, 3.63) is 29.3 Å². The van der Waals surface area contributed by atoms with Crippen molar-refractivity contribution in [2.24, 2.45) is 0 Å². The van der Waals surface area contributed by atoms with Crippen LogP contribution in [-0.2, 0) is 0 Å². The molecule has 0 aliphatic heterocycles. The molecule has 0 bridgehead atoms. The second kappa shape index (κ2) is 3.55. The molecule has 0 aromatic heterocycles. The number of nitrogens with zero attached hydrogens (tertiary/aromatic N) is 1. The van der Waals surface area contributed by atoms with Crippen LogP contribution in [-0.4, -0.2) is 5.11 Å². The number of benzene rings is 1. The molecule has 1 aromatic rings. The second-order valence-corrected chi connectivity index (χ2v) is 2.15. The minimum atomic E-state index is -1.10. The summed E-state index contributed by atoms with van der Waals surface area (Å²) < 4.78 is 25.3. The number of rotatable bonds is 0. The Morgan fingerprint density at radius 1 is 1.23 bits per heavy atom. The van der Waals surface area contributed by atoms with Gasteiger partial charge in [0.05, 0.1) is 0 Å². The lowest BCUT2D eigenvalue weighted by molar-refractivity contribution is 0.396. The summed E-state index contributed by atoms with van der Waals surface area (Å²) in [5.74, 6) is 0.950. The lowest BCUT2D eigenvalue weighted by Crippen LogP contribution is -1.85. The van der Waals surface area contributed by atoms with E-state index < -0.39 is 17.4 Å². The van der Waals surface area contributed by atoms with Gasteiger partial charge in [-0.05, 0) is 12.1 Å². The molecule has 1 N–H and O–H groups in total. The summed E-state index contributed by atoms with van der Waals surface area (Å²) in [6.45, 7) is 0. The standard InChI is InChI=1S/C9H3F2NO/c10-7-4-6(2-1-3-12)5-8(11)9(7)13/h4-5,13H. The molecule has 0 unspecified atom stereocenters. The molecule has 0 spiro atoms. The van der Waals surface area contributed by atoms with Crippen LogP contribution < -0.4 is 0 Å². The Hall–Kier alpha value is -2.07. The molecule has 0 fully saturated rings. The minimum absolute atomic E-state index is 0.00866. The largest absolute Gasteiger partial charge is 0.503 e. The highest BCUT2D eigenvalue weighted by molar-refractivity contribution is 5.41. The topological polar surface area (TPSA) is 44.0 Å². The highest BCUT2D eigenvalue weighted by Crippen LogP contribution is 2.20. The molecule has 1 aromatic carbocycles. The first-order chi connectivity index (χ1) is 6.15. The van der Waals surface area contributed by atoms with Crippen molar-refractivity contribution in [3.8, 4) is 23.7 Å². The Balaban J connectivity index is 3.23. The van der Waals surface area contributed by atoms with Crippen LogP contribution in [0.1, 0.15) is 5.56 Å². The third kappa shape index (κ3) is 1.94. The van der Waals surface area contributed by atoms with Crippen LogP contribution in [0.25, 0.3) is 0 Å². The second-order valence-electron chi connectivity index (χ2n) is 2.15. The Bertz CT molecular complexity index is 414. The van der Waals surface area contributed by atoms with E-state index in [0.29, 0.717) is 0 Å². The molecule has 0 heterocycles. The van der Waals surface area contributed by atoms with E-state index in [2.05, 4.69) is 5.92 Å². The van der Waals surface area contributed by atoms with Crippen LogP contribution in [0.2, 0.25) is 0 Å². The van der Waals surface area contributed by atoms with Crippen molar-refractivity contribution in [1.82, 2.24) is 0 Å². The van der Waals surface area contributed by atoms with Gasteiger partial charge in [-0.3, -0.25) is 0 Å². The number of nitriles is 1. The average molecular weight is 179 g/mol. The smallest absolute Gasteiger partial charge is 0.187 e. The summed E-state index contributed by atoms with van der Waals surface area (Å²) in [6, 6.07) is 3.20. The number of halogens is 2. The lowest BCUT2D eigenvalue weighted by Gasteiger charge is -1.96. The molecule has 13 heavy (non-hydrogen) atoms. The Morgan fingerprint density at radius 3 is 2.23 bits per heavy atom. The normalized spacial score (nSPS) is 8.38. The molecular weight excluding hydrogens is 176 g/mol. The van der Waals surface area contributed by atoms with Crippen molar-refractivity contribution in [3.63, 3.8) is 0 Å². The van der Waals surface area contributed by atoms with Crippen LogP contribution in [0.4, 0.5) is 8.78 Å². The van der Waals surface area contributed by atoms with Gasteiger partial charge >= 0.3 is 0 Å². The predicted octanol–water partition coefficient (Wildman–Crippen LogP) is 1.55. The molecule has 64 valence electrons. The zero-order chi connectivity index (χ0) is 9.84. The fraction of sp³-hybridized carbons (Fsp3) is 0. The fourth-order valence-corrected chi connectivity index (χ4v) is 0.738. The fourth-order valence-electron chi connectivity index (χ4n) is 0.738. The van der Waals surface area contributed by atoms with E-state index in [1.165, 1.54) is 6.07 Å². The summed E-state index contributed by atoms with van der Waals surface area (Å²) in [4.78, 5) is 0. The highest BCUT2D eigenvalue weighted by Gasteiger charge is 2.07. The Labute approximate surface area is 73.0 Å². The first kappa shape index (κ1) is 9.02. The first-order valence-electron chi connectivity index (χ1n) is 3.23. The molecule has 2 nitrogen and oxygen atoms in total. The molecule has 0 atom stereocenters. The van der Waals surface area contributed by atoms with Gasteiger partial charge in [-0.2, -0.15) is 5.26 Å². The molecular formula is C9H3F2NO. The summed E-state index contributed by atoms with van der Waals surface area (Å²) in [6.07, 6.45) is 0. The van der Waals surface area contributed by atoms with Crippen LogP contribution >= 0.6 is 0 Å². The molecule has 0 amide bonds. The van der Waals surface area contributed by atoms with Gasteiger partial charge in [-0.1, -0.05) is 5.92 Å². The van der Waals surface area contributed by atoms with Crippen molar-refractivity contribution in [2.45, 2.75) is 0 Å². The van der Waals surface area contributed by atoms with Gasteiger partial charge in [0.15, 0.2) is 23.5 Å². The van der Waals surface area contributed by atoms with Gasteiger partial charge in [-0.15, -0.1) is 0 Å². The van der Waals surface area contributed by atoms with Crippen LogP contribution in [0.15, 0.2) is 12.1 Å². The summed E-state index contributed by atoms with van der Waals surface area (Å²) in [5, 5.41) is 16.8. The third-order valence-corrected chi connectivity index (χ3v) is 1.28. The third-order valence-electron chi connectivity index (χ3n) is 1.28. The van der Waals surface area contributed by atoms with Gasteiger partial charge in [0.2, 0.25) is 0 Å². The quantitative estimate of drug-likeness (QED) is 0.614. The van der Waals surface area contributed by atoms with E-state index in [4.69, 9.17) is 10.4 Å². The predicted molar refractivity (Wildman–Crippen MR) is 40.5 cm³/mol. The molecule has 0 aliphatic carbocycles. The molecule has 0 aliphatic rings. The van der Waals surface area contributed by atoms with Gasteiger partial charge in [0.1, 0.15) is 0 Å². The Morgan fingerprint density at radius 2 is 1.77 bits per heavy atom. The van der Waals surface area contributed by atoms with E-state index in [-0.39, 0.29) is 5.56 Å².